The van der Waals surface area contributed by atoms with Crippen LogP contribution in [0.5, 0.6) is 11.5 Å². The molecule has 0 amide bonds. The van der Waals surface area contributed by atoms with Gasteiger partial charge < -0.3 is 10.2 Å². The van der Waals surface area contributed by atoms with E-state index in [1.165, 1.54) is 11.1 Å². The molecule has 2 N–H and O–H groups in total. The third-order valence-corrected chi connectivity index (χ3v) is 3.62. The van der Waals surface area contributed by atoms with Crippen LogP contribution in [0.1, 0.15) is 43.7 Å². The molecule has 2 aromatic rings. The van der Waals surface area contributed by atoms with Crippen molar-refractivity contribution in [3.8, 4) is 11.5 Å². The number of rotatable bonds is 5. The van der Waals surface area contributed by atoms with E-state index >= 15 is 0 Å². The number of phenolic OH excluding ortho intramolecular Hbond substituents is 2. The second-order valence-corrected chi connectivity index (χ2v) is 5.71. The molecule has 0 radical (unpaired) electrons. The molecule has 106 valence electrons. The molecule has 0 aliphatic carbocycles. The highest BCUT2D eigenvalue weighted by molar-refractivity contribution is 5.37. The van der Waals surface area contributed by atoms with Crippen LogP contribution in [0.3, 0.4) is 0 Å². The Morgan fingerprint density at radius 3 is 1.45 bits per heavy atom. The van der Waals surface area contributed by atoms with Gasteiger partial charge in [0, 0.05) is 5.92 Å². The normalized spacial score (nSPS) is 11.2. The van der Waals surface area contributed by atoms with E-state index in [1.54, 1.807) is 24.3 Å². The fraction of sp³-hybridized carbons (Fsp3) is 0.333. The van der Waals surface area contributed by atoms with Gasteiger partial charge in [-0.05, 0) is 47.7 Å². The maximum absolute atomic E-state index is 9.43. The Labute approximate surface area is 120 Å². The molecular weight excluding hydrogens is 248 g/mol. The Balaban J connectivity index is 2.28. The van der Waals surface area contributed by atoms with Crippen molar-refractivity contribution in [2.75, 3.05) is 0 Å². The predicted molar refractivity (Wildman–Crippen MR) is 82.1 cm³/mol. The van der Waals surface area contributed by atoms with Crippen LogP contribution in [-0.2, 0) is 0 Å². The van der Waals surface area contributed by atoms with Crippen molar-refractivity contribution < 1.29 is 10.2 Å². The number of hydrogen-bond donors (Lipinski definition) is 2. The summed E-state index contributed by atoms with van der Waals surface area (Å²) in [6, 6.07) is 14.9. The Hall–Kier alpha value is -1.96. The Morgan fingerprint density at radius 2 is 1.10 bits per heavy atom. The molecule has 2 nitrogen and oxygen atoms in total. The van der Waals surface area contributed by atoms with Crippen LogP contribution in [0, 0.1) is 5.92 Å². The topological polar surface area (TPSA) is 40.5 Å². The smallest absolute Gasteiger partial charge is 0.115 e. The zero-order valence-corrected chi connectivity index (χ0v) is 12.1. The lowest BCUT2D eigenvalue weighted by Gasteiger charge is -2.19. The van der Waals surface area contributed by atoms with Crippen molar-refractivity contribution in [3.05, 3.63) is 59.7 Å². The van der Waals surface area contributed by atoms with E-state index in [1.807, 2.05) is 24.3 Å². The molecule has 0 unspecified atom stereocenters. The minimum atomic E-state index is 0.294. The molecule has 0 aliphatic heterocycles. The molecule has 2 rings (SSSR count). The second-order valence-electron chi connectivity index (χ2n) is 5.71. The minimum Gasteiger partial charge on any atom is -0.508 e. The largest absolute Gasteiger partial charge is 0.508 e. The molecule has 0 aromatic heterocycles. The Kier molecular flexibility index (Phi) is 4.67. The molecule has 20 heavy (non-hydrogen) atoms. The van der Waals surface area contributed by atoms with Crippen molar-refractivity contribution in [1.82, 2.24) is 0 Å². The van der Waals surface area contributed by atoms with Crippen molar-refractivity contribution in [2.24, 2.45) is 5.92 Å². The lowest BCUT2D eigenvalue weighted by atomic mass is 9.85. The summed E-state index contributed by atoms with van der Waals surface area (Å²) in [4.78, 5) is 0. The van der Waals surface area contributed by atoms with E-state index in [9.17, 15) is 10.2 Å². The van der Waals surface area contributed by atoms with Gasteiger partial charge in [0.2, 0.25) is 0 Å². The van der Waals surface area contributed by atoms with E-state index < -0.39 is 0 Å². The lowest BCUT2D eigenvalue weighted by molar-refractivity contribution is 0.474. The molecule has 0 heterocycles. The van der Waals surface area contributed by atoms with Crippen molar-refractivity contribution in [2.45, 2.75) is 32.6 Å². The first-order valence-electron chi connectivity index (χ1n) is 7.14. The van der Waals surface area contributed by atoms with E-state index in [-0.39, 0.29) is 0 Å². The fourth-order valence-electron chi connectivity index (χ4n) is 2.44. The van der Waals surface area contributed by atoms with Gasteiger partial charge in [0.05, 0.1) is 0 Å². The first kappa shape index (κ1) is 14.4. The molecule has 0 fully saturated rings. The Morgan fingerprint density at radius 1 is 0.700 bits per heavy atom. The van der Waals surface area contributed by atoms with E-state index in [0.29, 0.717) is 23.3 Å². The molecule has 0 saturated heterocycles. The van der Waals surface area contributed by atoms with Gasteiger partial charge in [-0.2, -0.15) is 0 Å². The summed E-state index contributed by atoms with van der Waals surface area (Å²) in [6.07, 6.45) is 2.21. The summed E-state index contributed by atoms with van der Waals surface area (Å²) < 4.78 is 0. The van der Waals surface area contributed by atoms with Gasteiger partial charge >= 0.3 is 0 Å². The average molecular weight is 270 g/mol. The maximum atomic E-state index is 9.43. The number of benzene rings is 2. The fourth-order valence-corrected chi connectivity index (χ4v) is 2.44. The SMILES string of the molecule is CC(C)CCC(c1ccc(O)cc1)c1ccc(O)cc1. The summed E-state index contributed by atoms with van der Waals surface area (Å²) in [6.45, 7) is 4.45. The number of aromatic hydroxyl groups is 2. The first-order valence-corrected chi connectivity index (χ1v) is 7.14. The quantitative estimate of drug-likeness (QED) is 0.829. The van der Waals surface area contributed by atoms with Crippen molar-refractivity contribution in [3.63, 3.8) is 0 Å². The van der Waals surface area contributed by atoms with Gasteiger partial charge in [0.15, 0.2) is 0 Å². The van der Waals surface area contributed by atoms with Gasteiger partial charge in [-0.1, -0.05) is 44.5 Å². The maximum Gasteiger partial charge on any atom is 0.115 e. The molecule has 0 aliphatic rings. The van der Waals surface area contributed by atoms with Crippen molar-refractivity contribution >= 4 is 0 Å². The molecule has 2 heteroatoms. The van der Waals surface area contributed by atoms with Crippen LogP contribution >= 0.6 is 0 Å². The third-order valence-electron chi connectivity index (χ3n) is 3.62. The Bertz CT molecular complexity index is 481. The number of hydrogen-bond acceptors (Lipinski definition) is 2. The van der Waals surface area contributed by atoms with Gasteiger partial charge in [-0.3, -0.25) is 0 Å². The first-order chi connectivity index (χ1) is 9.56. The van der Waals surface area contributed by atoms with Crippen LogP contribution in [0.2, 0.25) is 0 Å². The van der Waals surface area contributed by atoms with E-state index in [4.69, 9.17) is 0 Å². The molecular formula is C18H22O2. The van der Waals surface area contributed by atoms with Crippen LogP contribution in [0.15, 0.2) is 48.5 Å². The average Bonchev–Trinajstić information content (AvgIpc) is 2.42. The molecule has 0 bridgehead atoms. The van der Waals surface area contributed by atoms with Crippen LogP contribution < -0.4 is 0 Å². The standard InChI is InChI=1S/C18H22O2/c1-13(2)3-12-18(14-4-8-16(19)9-5-14)15-6-10-17(20)11-7-15/h4-11,13,18-20H,3,12H2,1-2H3. The summed E-state index contributed by atoms with van der Waals surface area (Å²) in [5.41, 5.74) is 2.41. The zero-order valence-electron chi connectivity index (χ0n) is 12.1. The third kappa shape index (κ3) is 3.77. The number of phenols is 2. The summed E-state index contributed by atoms with van der Waals surface area (Å²) in [7, 11) is 0. The molecule has 0 spiro atoms. The lowest BCUT2D eigenvalue weighted by Crippen LogP contribution is -2.03. The zero-order chi connectivity index (χ0) is 14.5. The van der Waals surface area contributed by atoms with Gasteiger partial charge in [0.1, 0.15) is 11.5 Å². The second kappa shape index (κ2) is 6.47. The van der Waals surface area contributed by atoms with Gasteiger partial charge in [-0.15, -0.1) is 0 Å². The van der Waals surface area contributed by atoms with Crippen LogP contribution in [-0.4, -0.2) is 10.2 Å². The van der Waals surface area contributed by atoms with Crippen LogP contribution in [0.25, 0.3) is 0 Å². The van der Waals surface area contributed by atoms with Crippen LogP contribution in [0.4, 0.5) is 0 Å². The monoisotopic (exact) mass is 270 g/mol. The highest BCUT2D eigenvalue weighted by Crippen LogP contribution is 2.32. The van der Waals surface area contributed by atoms with Gasteiger partial charge in [0.25, 0.3) is 0 Å². The highest BCUT2D eigenvalue weighted by Gasteiger charge is 2.15. The summed E-state index contributed by atoms with van der Waals surface area (Å²) in [5, 5.41) is 18.9. The van der Waals surface area contributed by atoms with E-state index in [2.05, 4.69) is 13.8 Å². The predicted octanol–water partition coefficient (Wildman–Crippen LogP) is 4.67. The summed E-state index contributed by atoms with van der Waals surface area (Å²) in [5.74, 6) is 1.55. The highest BCUT2D eigenvalue weighted by atomic mass is 16.3. The summed E-state index contributed by atoms with van der Waals surface area (Å²) >= 11 is 0. The molecule has 0 saturated carbocycles. The van der Waals surface area contributed by atoms with Gasteiger partial charge in [-0.25, -0.2) is 0 Å². The molecule has 0 atom stereocenters. The van der Waals surface area contributed by atoms with E-state index in [0.717, 1.165) is 12.8 Å². The molecule has 2 aromatic carbocycles. The minimum absolute atomic E-state index is 0.294. The van der Waals surface area contributed by atoms with Crippen molar-refractivity contribution in [1.29, 1.82) is 0 Å².